The number of hydrogen-bond donors (Lipinski definition) is 1. The number of rotatable bonds is 2. The van der Waals surface area contributed by atoms with Crippen molar-refractivity contribution >= 4 is 41.3 Å². The van der Waals surface area contributed by atoms with Gasteiger partial charge in [0, 0.05) is 18.0 Å². The van der Waals surface area contributed by atoms with Crippen molar-refractivity contribution in [1.82, 2.24) is 9.88 Å². The van der Waals surface area contributed by atoms with Crippen LogP contribution < -0.4 is 5.73 Å². The van der Waals surface area contributed by atoms with E-state index in [2.05, 4.69) is 21.8 Å². The highest BCUT2D eigenvalue weighted by Gasteiger charge is 2.12. The highest BCUT2D eigenvalue weighted by atomic mass is 127. The number of piperidine rings is 1. The highest BCUT2D eigenvalue weighted by molar-refractivity contribution is 14.0. The third-order valence-electron chi connectivity index (χ3n) is 3.07. The van der Waals surface area contributed by atoms with Crippen molar-refractivity contribution in [3.05, 3.63) is 15.6 Å². The highest BCUT2D eigenvalue weighted by Crippen LogP contribution is 2.17. The number of aryl methyl sites for hydroxylation is 2. The Morgan fingerprint density at radius 3 is 2.56 bits per heavy atom. The van der Waals surface area contributed by atoms with E-state index >= 15 is 0 Å². The number of thiazole rings is 1. The lowest BCUT2D eigenvalue weighted by Crippen LogP contribution is -2.40. The van der Waals surface area contributed by atoms with Gasteiger partial charge in [-0.05, 0) is 33.1 Å². The normalized spacial score (nSPS) is 16.6. The van der Waals surface area contributed by atoms with Crippen LogP contribution in [-0.4, -0.2) is 28.9 Å². The molecule has 1 aliphatic rings. The van der Waals surface area contributed by atoms with Gasteiger partial charge < -0.3 is 10.6 Å². The number of nitrogens with two attached hydrogens (primary N) is 1. The Labute approximate surface area is 130 Å². The number of likely N-dealkylation sites (tertiary alicyclic amines) is 1. The summed E-state index contributed by atoms with van der Waals surface area (Å²) >= 11 is 1.72. The molecule has 6 heteroatoms. The van der Waals surface area contributed by atoms with Crippen molar-refractivity contribution in [3.63, 3.8) is 0 Å². The standard InChI is InChI=1S/C12H20N4S.HI/c1-9-11(15-10(2)17-9)8-14-12(13)16-6-4-3-5-7-16;/h3-8H2,1-2H3,(H2,13,14);1H. The average molecular weight is 380 g/mol. The lowest BCUT2D eigenvalue weighted by molar-refractivity contribution is 0.338. The lowest BCUT2D eigenvalue weighted by atomic mass is 10.1. The molecule has 0 spiro atoms. The molecule has 0 amide bonds. The zero-order valence-corrected chi connectivity index (χ0v) is 14.1. The van der Waals surface area contributed by atoms with Crippen LogP contribution in [0.3, 0.4) is 0 Å². The van der Waals surface area contributed by atoms with E-state index in [0.29, 0.717) is 12.5 Å². The second-order valence-electron chi connectivity index (χ2n) is 4.46. The van der Waals surface area contributed by atoms with Gasteiger partial charge >= 0.3 is 0 Å². The fraction of sp³-hybridized carbons (Fsp3) is 0.667. The molecule has 0 aromatic carbocycles. The minimum Gasteiger partial charge on any atom is -0.370 e. The quantitative estimate of drug-likeness (QED) is 0.488. The second kappa shape index (κ2) is 7.28. The molecule has 102 valence electrons. The summed E-state index contributed by atoms with van der Waals surface area (Å²) in [4.78, 5) is 12.3. The van der Waals surface area contributed by atoms with Crippen LogP contribution in [0.15, 0.2) is 4.99 Å². The maximum absolute atomic E-state index is 6.00. The second-order valence-corrected chi connectivity index (χ2v) is 5.87. The van der Waals surface area contributed by atoms with Crippen LogP contribution in [0.5, 0.6) is 0 Å². The average Bonchev–Trinajstić information content (AvgIpc) is 2.66. The molecule has 0 bridgehead atoms. The smallest absolute Gasteiger partial charge is 0.191 e. The van der Waals surface area contributed by atoms with Gasteiger partial charge in [0.05, 0.1) is 17.2 Å². The summed E-state index contributed by atoms with van der Waals surface area (Å²) in [5, 5.41) is 1.10. The minimum absolute atomic E-state index is 0. The van der Waals surface area contributed by atoms with E-state index in [4.69, 9.17) is 5.73 Å². The van der Waals surface area contributed by atoms with E-state index in [9.17, 15) is 0 Å². The lowest BCUT2D eigenvalue weighted by Gasteiger charge is -2.27. The topological polar surface area (TPSA) is 54.5 Å². The molecule has 2 N–H and O–H groups in total. The third-order valence-corrected chi connectivity index (χ3v) is 4.00. The molecule has 1 aromatic rings. The van der Waals surface area contributed by atoms with Crippen LogP contribution >= 0.6 is 35.3 Å². The molecule has 1 aliphatic heterocycles. The van der Waals surface area contributed by atoms with Crippen LogP contribution in [0.2, 0.25) is 0 Å². The number of hydrogen-bond acceptors (Lipinski definition) is 3. The summed E-state index contributed by atoms with van der Waals surface area (Å²) in [6, 6.07) is 0. The molecule has 0 saturated carbocycles. The summed E-state index contributed by atoms with van der Waals surface area (Å²) in [6.07, 6.45) is 3.77. The SMILES string of the molecule is Cc1nc(CN=C(N)N2CCCCC2)c(C)s1.I. The molecule has 2 rings (SSSR count). The van der Waals surface area contributed by atoms with E-state index in [1.807, 2.05) is 6.92 Å². The van der Waals surface area contributed by atoms with E-state index in [0.717, 1.165) is 23.8 Å². The number of halogens is 1. The van der Waals surface area contributed by atoms with Crippen LogP contribution in [-0.2, 0) is 6.54 Å². The van der Waals surface area contributed by atoms with Crippen molar-refractivity contribution in [1.29, 1.82) is 0 Å². The third kappa shape index (κ3) is 4.08. The number of aromatic nitrogens is 1. The molecular weight excluding hydrogens is 359 g/mol. The van der Waals surface area contributed by atoms with Gasteiger partial charge in [-0.15, -0.1) is 35.3 Å². The Balaban J connectivity index is 0.00000162. The molecule has 2 heterocycles. The first-order valence-corrected chi connectivity index (χ1v) is 6.96. The summed E-state index contributed by atoms with van der Waals surface area (Å²) < 4.78 is 0. The van der Waals surface area contributed by atoms with E-state index in [1.165, 1.54) is 24.1 Å². The first-order chi connectivity index (χ1) is 8.16. The molecule has 0 radical (unpaired) electrons. The van der Waals surface area contributed by atoms with Gasteiger partial charge in [-0.1, -0.05) is 0 Å². The summed E-state index contributed by atoms with van der Waals surface area (Å²) in [5.74, 6) is 0.676. The maximum atomic E-state index is 6.00. The van der Waals surface area contributed by atoms with E-state index < -0.39 is 0 Å². The predicted octanol–water partition coefficient (Wildman–Crippen LogP) is 2.68. The van der Waals surface area contributed by atoms with Gasteiger partial charge in [-0.25, -0.2) is 9.98 Å². The Bertz CT molecular complexity index is 410. The fourth-order valence-corrected chi connectivity index (χ4v) is 2.92. The molecular formula is C12H21IN4S. The zero-order valence-electron chi connectivity index (χ0n) is 11.0. The van der Waals surface area contributed by atoms with Crippen molar-refractivity contribution in [3.8, 4) is 0 Å². The van der Waals surface area contributed by atoms with Crippen LogP contribution in [0.4, 0.5) is 0 Å². The predicted molar refractivity (Wildman–Crippen MR) is 87.8 cm³/mol. The molecule has 4 nitrogen and oxygen atoms in total. The zero-order chi connectivity index (χ0) is 12.3. The fourth-order valence-electron chi connectivity index (χ4n) is 2.10. The van der Waals surface area contributed by atoms with Gasteiger partial charge in [0.2, 0.25) is 0 Å². The van der Waals surface area contributed by atoms with Gasteiger partial charge in [-0.2, -0.15) is 0 Å². The number of aliphatic imine (C=N–C) groups is 1. The van der Waals surface area contributed by atoms with Crippen molar-refractivity contribution in [2.45, 2.75) is 39.7 Å². The van der Waals surface area contributed by atoms with Gasteiger partial charge in [0.15, 0.2) is 5.96 Å². The number of guanidine groups is 1. The molecule has 1 fully saturated rings. The summed E-state index contributed by atoms with van der Waals surface area (Å²) in [7, 11) is 0. The Kier molecular flexibility index (Phi) is 6.34. The molecule has 1 aromatic heterocycles. The summed E-state index contributed by atoms with van der Waals surface area (Å²) in [5.41, 5.74) is 7.07. The van der Waals surface area contributed by atoms with Crippen molar-refractivity contribution in [2.24, 2.45) is 10.7 Å². The van der Waals surface area contributed by atoms with Crippen molar-refractivity contribution < 1.29 is 0 Å². The Morgan fingerprint density at radius 2 is 2.00 bits per heavy atom. The molecule has 0 atom stereocenters. The first kappa shape index (κ1) is 15.7. The van der Waals surface area contributed by atoms with Crippen LogP contribution in [0, 0.1) is 13.8 Å². The van der Waals surface area contributed by atoms with Gasteiger partial charge in [0.1, 0.15) is 0 Å². The minimum atomic E-state index is 0. The molecule has 0 aliphatic carbocycles. The van der Waals surface area contributed by atoms with Gasteiger partial charge in [0.25, 0.3) is 0 Å². The Morgan fingerprint density at radius 1 is 1.33 bits per heavy atom. The van der Waals surface area contributed by atoms with E-state index in [-0.39, 0.29) is 24.0 Å². The van der Waals surface area contributed by atoms with Gasteiger partial charge in [-0.3, -0.25) is 0 Å². The van der Waals surface area contributed by atoms with Crippen LogP contribution in [0.1, 0.15) is 34.8 Å². The summed E-state index contributed by atoms with van der Waals surface area (Å²) in [6.45, 7) is 6.82. The molecule has 1 saturated heterocycles. The van der Waals surface area contributed by atoms with Crippen molar-refractivity contribution in [2.75, 3.05) is 13.1 Å². The number of nitrogens with zero attached hydrogens (tertiary/aromatic N) is 3. The molecule has 18 heavy (non-hydrogen) atoms. The van der Waals surface area contributed by atoms with E-state index in [1.54, 1.807) is 11.3 Å². The molecule has 0 unspecified atom stereocenters. The Hall–Kier alpha value is -0.370. The first-order valence-electron chi connectivity index (χ1n) is 6.14. The maximum Gasteiger partial charge on any atom is 0.191 e. The van der Waals surface area contributed by atoms with Crippen LogP contribution in [0.25, 0.3) is 0 Å². The largest absolute Gasteiger partial charge is 0.370 e. The monoisotopic (exact) mass is 380 g/mol.